The Hall–Kier alpha value is -0.0800. The summed E-state index contributed by atoms with van der Waals surface area (Å²) in [6, 6.07) is 0.542. The van der Waals surface area contributed by atoms with Crippen LogP contribution in [0.3, 0.4) is 0 Å². The Kier molecular flexibility index (Phi) is 3.15. The van der Waals surface area contributed by atoms with Gasteiger partial charge >= 0.3 is 0 Å². The quantitative estimate of drug-likeness (QED) is 0.417. The van der Waals surface area contributed by atoms with Gasteiger partial charge in [0.2, 0.25) is 0 Å². The standard InChI is InChI=1S/C7H18NO/c1-6-8(4,9-5)7(2)3/h7H,6H2,1-5H3/q+1. The molecule has 0 aromatic carbocycles. The number of nitrogens with zero attached hydrogens (tertiary/aromatic N) is 1. The Labute approximate surface area is 58.0 Å². The van der Waals surface area contributed by atoms with Gasteiger partial charge in [0.05, 0.1) is 14.2 Å². The molecule has 0 aliphatic heterocycles. The van der Waals surface area contributed by atoms with E-state index in [-0.39, 0.29) is 0 Å². The predicted molar refractivity (Wildman–Crippen MR) is 38.9 cm³/mol. The van der Waals surface area contributed by atoms with Crippen LogP contribution >= 0.6 is 0 Å². The van der Waals surface area contributed by atoms with Crippen molar-refractivity contribution in [1.82, 2.24) is 0 Å². The first kappa shape index (κ1) is 8.92. The van der Waals surface area contributed by atoms with Gasteiger partial charge in [-0.2, -0.15) is 4.65 Å². The zero-order valence-corrected chi connectivity index (χ0v) is 7.14. The Morgan fingerprint density at radius 3 is 1.89 bits per heavy atom. The van der Waals surface area contributed by atoms with Gasteiger partial charge in [0.15, 0.2) is 0 Å². The molecule has 0 aromatic rings. The summed E-state index contributed by atoms with van der Waals surface area (Å²) in [5.41, 5.74) is 0. The summed E-state index contributed by atoms with van der Waals surface area (Å²) in [7, 11) is 3.84. The highest BCUT2D eigenvalue weighted by Gasteiger charge is 2.23. The Morgan fingerprint density at radius 2 is 1.89 bits per heavy atom. The van der Waals surface area contributed by atoms with E-state index >= 15 is 0 Å². The van der Waals surface area contributed by atoms with E-state index in [0.29, 0.717) is 10.7 Å². The predicted octanol–water partition coefficient (Wildman–Crippen LogP) is 1.42. The van der Waals surface area contributed by atoms with Crippen LogP contribution in [0.1, 0.15) is 20.8 Å². The fourth-order valence-electron chi connectivity index (χ4n) is 0.705. The second-order valence-electron chi connectivity index (χ2n) is 2.77. The molecule has 0 aliphatic carbocycles. The lowest BCUT2D eigenvalue weighted by molar-refractivity contribution is -1.10. The molecule has 0 radical (unpaired) electrons. The van der Waals surface area contributed by atoms with E-state index in [1.165, 1.54) is 0 Å². The number of hydrogen-bond acceptors (Lipinski definition) is 1. The van der Waals surface area contributed by atoms with Gasteiger partial charge in [-0.15, -0.1) is 0 Å². The minimum Gasteiger partial charge on any atom is -0.206 e. The zero-order valence-electron chi connectivity index (χ0n) is 7.14. The number of hydroxylamine groups is 3. The maximum Gasteiger partial charge on any atom is 0.113 e. The maximum absolute atomic E-state index is 5.29. The highest BCUT2D eigenvalue weighted by Crippen LogP contribution is 2.07. The van der Waals surface area contributed by atoms with Crippen LogP contribution < -0.4 is 0 Å². The summed E-state index contributed by atoms with van der Waals surface area (Å²) >= 11 is 0. The normalized spacial score (nSPS) is 18.0. The van der Waals surface area contributed by atoms with E-state index in [2.05, 4.69) is 27.8 Å². The summed E-state index contributed by atoms with van der Waals surface area (Å²) in [5, 5.41) is 0. The van der Waals surface area contributed by atoms with Crippen molar-refractivity contribution < 1.29 is 9.48 Å². The van der Waals surface area contributed by atoms with Gasteiger partial charge in [-0.25, -0.2) is 4.84 Å². The summed E-state index contributed by atoms with van der Waals surface area (Å²) in [6.07, 6.45) is 0. The molecule has 56 valence electrons. The average molecular weight is 132 g/mol. The fourth-order valence-corrected chi connectivity index (χ4v) is 0.705. The number of rotatable bonds is 3. The first-order valence-electron chi connectivity index (χ1n) is 3.47. The van der Waals surface area contributed by atoms with Gasteiger partial charge in [-0.05, 0) is 20.8 Å². The number of quaternary nitrogens is 1. The SMILES string of the molecule is CC[N+](C)(OC)C(C)C. The molecule has 1 unspecified atom stereocenters. The molecule has 0 spiro atoms. The van der Waals surface area contributed by atoms with Gasteiger partial charge in [0, 0.05) is 0 Å². The van der Waals surface area contributed by atoms with Crippen molar-refractivity contribution in [2.24, 2.45) is 0 Å². The molecular weight excluding hydrogens is 114 g/mol. The molecule has 0 saturated heterocycles. The molecule has 0 aromatic heterocycles. The minimum absolute atomic E-state index is 0.542. The van der Waals surface area contributed by atoms with E-state index in [0.717, 1.165) is 6.54 Å². The highest BCUT2D eigenvalue weighted by atomic mass is 16.7. The summed E-state index contributed by atoms with van der Waals surface area (Å²) in [5.74, 6) is 0. The Bertz CT molecular complexity index is 77.0. The van der Waals surface area contributed by atoms with Gasteiger partial charge in [0.25, 0.3) is 0 Å². The summed E-state index contributed by atoms with van der Waals surface area (Å²) in [6.45, 7) is 7.47. The van der Waals surface area contributed by atoms with Crippen LogP contribution in [0.4, 0.5) is 0 Å². The summed E-state index contributed by atoms with van der Waals surface area (Å²) < 4.78 is 0.694. The Balaban J connectivity index is 3.92. The highest BCUT2D eigenvalue weighted by molar-refractivity contribution is 4.32. The molecule has 9 heavy (non-hydrogen) atoms. The van der Waals surface area contributed by atoms with Gasteiger partial charge < -0.3 is 0 Å². The molecule has 2 heteroatoms. The molecule has 0 heterocycles. The third kappa shape index (κ3) is 1.95. The van der Waals surface area contributed by atoms with Crippen molar-refractivity contribution >= 4 is 0 Å². The van der Waals surface area contributed by atoms with Crippen molar-refractivity contribution in [1.29, 1.82) is 0 Å². The van der Waals surface area contributed by atoms with Crippen molar-refractivity contribution in [3.63, 3.8) is 0 Å². The van der Waals surface area contributed by atoms with Crippen molar-refractivity contribution in [2.75, 3.05) is 20.7 Å². The molecule has 0 N–H and O–H groups in total. The molecule has 1 atom stereocenters. The zero-order chi connectivity index (χ0) is 7.49. The van der Waals surface area contributed by atoms with Crippen molar-refractivity contribution in [3.05, 3.63) is 0 Å². The largest absolute Gasteiger partial charge is 0.206 e. The minimum atomic E-state index is 0.542. The van der Waals surface area contributed by atoms with Crippen LogP contribution in [0, 0.1) is 0 Å². The van der Waals surface area contributed by atoms with Crippen LogP contribution in [0.2, 0.25) is 0 Å². The molecule has 0 fully saturated rings. The second kappa shape index (κ2) is 3.18. The molecule has 0 rings (SSSR count). The smallest absolute Gasteiger partial charge is 0.113 e. The molecule has 0 aliphatic rings. The third-order valence-corrected chi connectivity index (χ3v) is 2.14. The van der Waals surface area contributed by atoms with E-state index in [1.54, 1.807) is 7.11 Å². The van der Waals surface area contributed by atoms with Crippen LogP contribution in [0.25, 0.3) is 0 Å². The van der Waals surface area contributed by atoms with Crippen LogP contribution in [-0.4, -0.2) is 31.4 Å². The third-order valence-electron chi connectivity index (χ3n) is 2.14. The topological polar surface area (TPSA) is 9.23 Å². The molecule has 2 nitrogen and oxygen atoms in total. The lowest BCUT2D eigenvalue weighted by Gasteiger charge is -2.32. The lowest BCUT2D eigenvalue weighted by atomic mass is 10.3. The molecule has 0 amide bonds. The number of hydrogen-bond donors (Lipinski definition) is 0. The molecular formula is C7H18NO+. The van der Waals surface area contributed by atoms with Crippen molar-refractivity contribution in [3.8, 4) is 0 Å². The monoisotopic (exact) mass is 132 g/mol. The van der Waals surface area contributed by atoms with Gasteiger partial charge in [-0.1, -0.05) is 0 Å². The van der Waals surface area contributed by atoms with Crippen LogP contribution in [-0.2, 0) is 4.84 Å². The average Bonchev–Trinajstić information content (AvgIpc) is 1.86. The lowest BCUT2D eigenvalue weighted by Crippen LogP contribution is -2.48. The molecule has 0 saturated carbocycles. The first-order chi connectivity index (χ1) is 4.06. The summed E-state index contributed by atoms with van der Waals surface area (Å²) in [4.78, 5) is 5.29. The molecule has 0 bridgehead atoms. The van der Waals surface area contributed by atoms with Gasteiger partial charge in [0.1, 0.15) is 12.6 Å². The van der Waals surface area contributed by atoms with E-state index < -0.39 is 0 Å². The Morgan fingerprint density at radius 1 is 1.44 bits per heavy atom. The second-order valence-corrected chi connectivity index (χ2v) is 2.77. The van der Waals surface area contributed by atoms with E-state index in [4.69, 9.17) is 4.84 Å². The van der Waals surface area contributed by atoms with E-state index in [9.17, 15) is 0 Å². The van der Waals surface area contributed by atoms with Crippen LogP contribution in [0.5, 0.6) is 0 Å². The van der Waals surface area contributed by atoms with Crippen LogP contribution in [0.15, 0.2) is 0 Å². The van der Waals surface area contributed by atoms with Crippen molar-refractivity contribution in [2.45, 2.75) is 26.8 Å². The van der Waals surface area contributed by atoms with E-state index in [1.807, 2.05) is 0 Å². The van der Waals surface area contributed by atoms with Gasteiger partial charge in [-0.3, -0.25) is 0 Å². The first-order valence-corrected chi connectivity index (χ1v) is 3.47. The fraction of sp³-hybridized carbons (Fsp3) is 1.00. The maximum atomic E-state index is 5.29.